The molecule has 0 saturated heterocycles. The molecule has 2 aromatic carbocycles. The van der Waals surface area contributed by atoms with Crippen molar-refractivity contribution in [1.82, 2.24) is 4.98 Å². The summed E-state index contributed by atoms with van der Waals surface area (Å²) in [6.07, 6.45) is 0. The van der Waals surface area contributed by atoms with Gasteiger partial charge in [-0.15, -0.1) is 22.9 Å². The Morgan fingerprint density at radius 2 is 1.88 bits per heavy atom. The van der Waals surface area contributed by atoms with Crippen LogP contribution in [0.4, 0.5) is 5.13 Å². The number of alkyl halides is 1. The van der Waals surface area contributed by atoms with Crippen molar-refractivity contribution in [1.29, 1.82) is 0 Å². The van der Waals surface area contributed by atoms with Crippen molar-refractivity contribution in [2.24, 2.45) is 0 Å². The molecule has 1 aromatic heterocycles. The van der Waals surface area contributed by atoms with Crippen LogP contribution in [0.1, 0.15) is 5.56 Å². The molecule has 0 aliphatic rings. The molecular weight excluding hydrogens is 399 g/mol. The molecule has 0 radical (unpaired) electrons. The van der Waals surface area contributed by atoms with E-state index in [1.807, 2.05) is 41.8 Å². The molecule has 1 heterocycles. The van der Waals surface area contributed by atoms with Crippen molar-refractivity contribution < 1.29 is 4.79 Å². The van der Waals surface area contributed by atoms with E-state index in [1.165, 1.54) is 11.3 Å². The van der Waals surface area contributed by atoms with Gasteiger partial charge in [0.2, 0.25) is 5.91 Å². The van der Waals surface area contributed by atoms with Crippen molar-refractivity contribution in [2.45, 2.75) is 6.54 Å². The molecule has 25 heavy (non-hydrogen) atoms. The minimum Gasteiger partial charge on any atom is -0.283 e. The second kappa shape index (κ2) is 8.19. The first-order chi connectivity index (χ1) is 12.1. The highest BCUT2D eigenvalue weighted by atomic mass is 35.5. The van der Waals surface area contributed by atoms with Gasteiger partial charge in [0.05, 0.1) is 17.3 Å². The van der Waals surface area contributed by atoms with Crippen molar-refractivity contribution in [2.75, 3.05) is 10.8 Å². The molecule has 0 aliphatic heterocycles. The molecular formula is C18H13Cl3N2OS. The normalized spacial score (nSPS) is 10.7. The Bertz CT molecular complexity index is 883. The van der Waals surface area contributed by atoms with Gasteiger partial charge in [-0.3, -0.25) is 9.69 Å². The fourth-order valence-corrected chi connectivity index (χ4v) is 3.80. The molecule has 0 unspecified atom stereocenters. The lowest BCUT2D eigenvalue weighted by molar-refractivity contribution is -0.116. The lowest BCUT2D eigenvalue weighted by atomic mass is 10.2. The monoisotopic (exact) mass is 410 g/mol. The maximum absolute atomic E-state index is 12.3. The number of halogens is 3. The summed E-state index contributed by atoms with van der Waals surface area (Å²) in [6, 6.07) is 14.9. The minimum absolute atomic E-state index is 0.108. The predicted molar refractivity (Wildman–Crippen MR) is 106 cm³/mol. The number of nitrogens with zero attached hydrogens (tertiary/aromatic N) is 2. The summed E-state index contributed by atoms with van der Waals surface area (Å²) >= 11 is 19.3. The van der Waals surface area contributed by atoms with Gasteiger partial charge in [-0.2, -0.15) is 0 Å². The highest BCUT2D eigenvalue weighted by Crippen LogP contribution is 2.34. The highest BCUT2D eigenvalue weighted by Gasteiger charge is 2.19. The maximum Gasteiger partial charge on any atom is 0.244 e. The number of aromatic nitrogens is 1. The number of amides is 1. The number of hydrogen-bond acceptors (Lipinski definition) is 3. The molecule has 0 fully saturated rings. The van der Waals surface area contributed by atoms with E-state index in [1.54, 1.807) is 17.0 Å². The lowest BCUT2D eigenvalue weighted by Crippen LogP contribution is -2.31. The zero-order valence-electron chi connectivity index (χ0n) is 13.0. The Morgan fingerprint density at radius 1 is 1.12 bits per heavy atom. The minimum atomic E-state index is -0.200. The number of carbonyl (C=O) groups is 1. The molecule has 0 bridgehead atoms. The van der Waals surface area contributed by atoms with E-state index in [0.717, 1.165) is 11.1 Å². The summed E-state index contributed by atoms with van der Waals surface area (Å²) < 4.78 is 0. The lowest BCUT2D eigenvalue weighted by Gasteiger charge is -2.18. The van der Waals surface area contributed by atoms with Crippen LogP contribution in [-0.4, -0.2) is 16.8 Å². The average molecular weight is 412 g/mol. The van der Waals surface area contributed by atoms with Crippen LogP contribution in [0.5, 0.6) is 0 Å². The third-order valence-electron chi connectivity index (χ3n) is 3.53. The molecule has 3 aromatic rings. The van der Waals surface area contributed by atoms with Crippen LogP contribution in [0.2, 0.25) is 10.0 Å². The smallest absolute Gasteiger partial charge is 0.244 e. The van der Waals surface area contributed by atoms with Crippen molar-refractivity contribution in [3.63, 3.8) is 0 Å². The molecule has 128 valence electrons. The second-order valence-corrected chi connectivity index (χ2v) is 7.19. The highest BCUT2D eigenvalue weighted by molar-refractivity contribution is 7.14. The predicted octanol–water partition coefficient (Wildman–Crippen LogP) is 5.89. The molecule has 3 nitrogen and oxygen atoms in total. The molecule has 0 spiro atoms. The van der Waals surface area contributed by atoms with Crippen LogP contribution >= 0.6 is 46.1 Å². The van der Waals surface area contributed by atoms with Gasteiger partial charge in [0.1, 0.15) is 5.88 Å². The van der Waals surface area contributed by atoms with Crippen molar-refractivity contribution >= 4 is 57.2 Å². The first kappa shape index (κ1) is 18.2. The van der Waals surface area contributed by atoms with Gasteiger partial charge in [-0.05, 0) is 23.8 Å². The Balaban J connectivity index is 1.92. The second-order valence-electron chi connectivity index (χ2n) is 5.24. The Labute approximate surface area is 164 Å². The van der Waals surface area contributed by atoms with Crippen LogP contribution in [-0.2, 0) is 11.3 Å². The number of rotatable bonds is 5. The van der Waals surface area contributed by atoms with E-state index in [-0.39, 0.29) is 11.8 Å². The van der Waals surface area contributed by atoms with Crippen molar-refractivity contribution in [3.05, 3.63) is 69.5 Å². The number of thiazole rings is 1. The van der Waals surface area contributed by atoms with Gasteiger partial charge in [0.25, 0.3) is 0 Å². The standard InChI is InChI=1S/C18H13Cl3N2OS/c19-9-17(24)23(10-12-4-2-1-3-5-12)18-22-16(11-25-18)14-7-6-13(20)8-15(14)21/h1-8,11H,9-10H2. The molecule has 0 atom stereocenters. The Hall–Kier alpha value is -1.59. The third kappa shape index (κ3) is 4.33. The zero-order valence-corrected chi connectivity index (χ0v) is 16.0. The van der Waals surface area contributed by atoms with E-state index in [4.69, 9.17) is 34.8 Å². The Morgan fingerprint density at radius 3 is 2.56 bits per heavy atom. The average Bonchev–Trinajstić information content (AvgIpc) is 3.09. The van der Waals surface area contributed by atoms with Crippen LogP contribution < -0.4 is 4.90 Å². The van der Waals surface area contributed by atoms with Crippen LogP contribution in [0.3, 0.4) is 0 Å². The van der Waals surface area contributed by atoms with Gasteiger partial charge in [0.15, 0.2) is 5.13 Å². The zero-order chi connectivity index (χ0) is 17.8. The summed E-state index contributed by atoms with van der Waals surface area (Å²) in [5, 5.41) is 3.52. The van der Waals surface area contributed by atoms with Gasteiger partial charge in [-0.1, -0.05) is 53.5 Å². The van der Waals surface area contributed by atoms with Gasteiger partial charge in [0, 0.05) is 16.0 Å². The summed E-state index contributed by atoms with van der Waals surface area (Å²) in [6.45, 7) is 0.410. The van der Waals surface area contributed by atoms with Crippen LogP contribution in [0, 0.1) is 0 Å². The number of anilines is 1. The van der Waals surface area contributed by atoms with E-state index >= 15 is 0 Å². The molecule has 1 amide bonds. The van der Waals surface area contributed by atoms with Crippen LogP contribution in [0.15, 0.2) is 53.9 Å². The van der Waals surface area contributed by atoms with Gasteiger partial charge in [-0.25, -0.2) is 4.98 Å². The van der Waals surface area contributed by atoms with E-state index in [9.17, 15) is 4.79 Å². The fourth-order valence-electron chi connectivity index (χ4n) is 2.31. The summed E-state index contributed by atoms with van der Waals surface area (Å²) in [7, 11) is 0. The number of carbonyl (C=O) groups excluding carboxylic acids is 1. The molecule has 0 aliphatic carbocycles. The molecule has 3 rings (SSSR count). The third-order valence-corrected chi connectivity index (χ3v) is 5.17. The molecule has 0 N–H and O–H groups in total. The Kier molecular flexibility index (Phi) is 5.97. The first-order valence-corrected chi connectivity index (χ1v) is 9.56. The molecule has 0 saturated carbocycles. The summed E-state index contributed by atoms with van der Waals surface area (Å²) in [5.41, 5.74) is 2.47. The summed E-state index contributed by atoms with van der Waals surface area (Å²) in [4.78, 5) is 18.4. The SMILES string of the molecule is O=C(CCl)N(Cc1ccccc1)c1nc(-c2ccc(Cl)cc2Cl)cs1. The first-order valence-electron chi connectivity index (χ1n) is 7.39. The molecule has 7 heteroatoms. The van der Waals surface area contributed by atoms with E-state index in [2.05, 4.69) is 4.98 Å². The number of benzene rings is 2. The fraction of sp³-hybridized carbons (Fsp3) is 0.111. The van der Waals surface area contributed by atoms with Gasteiger partial charge < -0.3 is 0 Å². The topological polar surface area (TPSA) is 33.2 Å². The van der Waals surface area contributed by atoms with Crippen LogP contribution in [0.25, 0.3) is 11.3 Å². The quantitative estimate of drug-likeness (QED) is 0.490. The van der Waals surface area contributed by atoms with E-state index < -0.39 is 0 Å². The number of hydrogen-bond donors (Lipinski definition) is 0. The van der Waals surface area contributed by atoms with Crippen molar-refractivity contribution in [3.8, 4) is 11.3 Å². The van der Waals surface area contributed by atoms with E-state index in [0.29, 0.717) is 27.4 Å². The van der Waals surface area contributed by atoms with Gasteiger partial charge >= 0.3 is 0 Å². The largest absolute Gasteiger partial charge is 0.283 e. The maximum atomic E-state index is 12.3. The summed E-state index contributed by atoms with van der Waals surface area (Å²) in [5.74, 6) is -0.308.